The molecule has 0 radical (unpaired) electrons. The molecule has 0 aliphatic heterocycles. The molecule has 11 aromatic rings. The van der Waals surface area contributed by atoms with Crippen LogP contribution in [0.3, 0.4) is 0 Å². The third-order valence-electron chi connectivity index (χ3n) is 10.6. The number of thiophene rings is 1. The molecule has 0 bridgehead atoms. The van der Waals surface area contributed by atoms with E-state index in [0.717, 1.165) is 33.5 Å². The molecule has 55 heavy (non-hydrogen) atoms. The molecule has 0 fully saturated rings. The Hall–Kier alpha value is -7.08. The van der Waals surface area contributed by atoms with Gasteiger partial charge in [-0.15, -0.1) is 11.3 Å². The Kier molecular flexibility index (Phi) is 7.32. The fourth-order valence-corrected chi connectivity index (χ4v) is 9.15. The molecule has 8 aromatic carbocycles. The van der Waals surface area contributed by atoms with E-state index < -0.39 is 0 Å². The standard InChI is InChI=1S/C50H30N4S/c1-2-10-33(11-3-1)48-52-49(54-50(53-48)35-23-19-32(20-24-35)44-15-8-9-29-51-44)34-21-17-31(18-22-34)36-25-26-38-41-27-28-42-39-13-6-7-16-45(39)55-47(42)46(41)40-14-5-4-12-37(40)43(38)30-36/h1-30H. The molecule has 0 spiro atoms. The predicted octanol–water partition coefficient (Wildman–Crippen LogP) is 13.4. The summed E-state index contributed by atoms with van der Waals surface area (Å²) < 4.78 is 2.68. The van der Waals surface area contributed by atoms with Crippen molar-refractivity contribution in [2.24, 2.45) is 0 Å². The smallest absolute Gasteiger partial charge is 0.164 e. The summed E-state index contributed by atoms with van der Waals surface area (Å²) >= 11 is 1.90. The van der Waals surface area contributed by atoms with Crippen LogP contribution in [0.5, 0.6) is 0 Å². The van der Waals surface area contributed by atoms with E-state index in [4.69, 9.17) is 15.0 Å². The second-order valence-electron chi connectivity index (χ2n) is 13.8. The van der Waals surface area contributed by atoms with Gasteiger partial charge in [0.05, 0.1) is 5.69 Å². The van der Waals surface area contributed by atoms with Gasteiger partial charge in [0.2, 0.25) is 0 Å². The molecule has 3 aromatic heterocycles. The van der Waals surface area contributed by atoms with E-state index in [0.29, 0.717) is 17.5 Å². The Labute approximate surface area is 321 Å². The van der Waals surface area contributed by atoms with Crippen LogP contribution in [0.4, 0.5) is 0 Å². The number of hydrogen-bond donors (Lipinski definition) is 0. The zero-order valence-electron chi connectivity index (χ0n) is 29.5. The van der Waals surface area contributed by atoms with Crippen LogP contribution in [0, 0.1) is 0 Å². The Morgan fingerprint density at radius 2 is 0.836 bits per heavy atom. The number of fused-ring (bicyclic) bond motifs is 10. The van der Waals surface area contributed by atoms with E-state index in [1.165, 1.54) is 58.1 Å². The maximum absolute atomic E-state index is 5.01. The van der Waals surface area contributed by atoms with E-state index in [-0.39, 0.29) is 0 Å². The van der Waals surface area contributed by atoms with E-state index in [1.54, 1.807) is 0 Å². The van der Waals surface area contributed by atoms with Crippen LogP contribution in [0.1, 0.15) is 0 Å². The summed E-state index contributed by atoms with van der Waals surface area (Å²) in [4.78, 5) is 19.4. The van der Waals surface area contributed by atoms with Crippen LogP contribution in [0.15, 0.2) is 182 Å². The van der Waals surface area contributed by atoms with Gasteiger partial charge in [-0.25, -0.2) is 15.0 Å². The van der Waals surface area contributed by atoms with Crippen LogP contribution in [-0.2, 0) is 0 Å². The maximum atomic E-state index is 5.01. The highest BCUT2D eigenvalue weighted by Crippen LogP contribution is 2.45. The average molecular weight is 719 g/mol. The van der Waals surface area contributed by atoms with Crippen LogP contribution in [0.25, 0.3) is 109 Å². The van der Waals surface area contributed by atoms with Crippen LogP contribution in [-0.4, -0.2) is 19.9 Å². The van der Waals surface area contributed by atoms with Crippen molar-refractivity contribution in [3.05, 3.63) is 182 Å². The summed E-state index contributed by atoms with van der Waals surface area (Å²) in [5.41, 5.74) is 7.06. The average Bonchev–Trinajstić information content (AvgIpc) is 3.66. The number of nitrogens with zero attached hydrogens (tertiary/aromatic N) is 4. The number of aromatic nitrogens is 4. The van der Waals surface area contributed by atoms with Crippen molar-refractivity contribution in [2.75, 3.05) is 0 Å². The second-order valence-corrected chi connectivity index (χ2v) is 14.9. The van der Waals surface area contributed by atoms with Crippen molar-refractivity contribution >= 4 is 63.8 Å². The molecule has 0 amide bonds. The number of hydrogen-bond acceptors (Lipinski definition) is 5. The van der Waals surface area contributed by atoms with Gasteiger partial charge in [-0.1, -0.05) is 152 Å². The third-order valence-corrected chi connectivity index (χ3v) is 11.8. The molecule has 0 saturated heterocycles. The molecule has 0 saturated carbocycles. The monoisotopic (exact) mass is 718 g/mol. The van der Waals surface area contributed by atoms with Crippen LogP contribution < -0.4 is 0 Å². The lowest BCUT2D eigenvalue weighted by Crippen LogP contribution is -2.00. The molecule has 3 heterocycles. The molecular weight excluding hydrogens is 689 g/mol. The summed E-state index contributed by atoms with van der Waals surface area (Å²) in [6.07, 6.45) is 1.81. The van der Waals surface area contributed by atoms with E-state index >= 15 is 0 Å². The van der Waals surface area contributed by atoms with Crippen molar-refractivity contribution in [1.29, 1.82) is 0 Å². The quantitative estimate of drug-likeness (QED) is 0.166. The summed E-state index contributed by atoms with van der Waals surface area (Å²) in [5.74, 6) is 1.90. The largest absolute Gasteiger partial charge is 0.256 e. The lowest BCUT2D eigenvalue weighted by molar-refractivity contribution is 1.07. The van der Waals surface area contributed by atoms with Gasteiger partial charge in [0, 0.05) is 54.0 Å². The van der Waals surface area contributed by atoms with Gasteiger partial charge < -0.3 is 0 Å². The molecule has 256 valence electrons. The normalized spacial score (nSPS) is 11.6. The molecule has 5 heteroatoms. The summed E-state index contributed by atoms with van der Waals surface area (Å²) in [6.45, 7) is 0. The number of rotatable bonds is 5. The fraction of sp³-hybridized carbons (Fsp3) is 0. The van der Waals surface area contributed by atoms with Gasteiger partial charge in [0.25, 0.3) is 0 Å². The summed E-state index contributed by atoms with van der Waals surface area (Å²) in [7, 11) is 0. The van der Waals surface area contributed by atoms with Crippen molar-refractivity contribution in [3.63, 3.8) is 0 Å². The van der Waals surface area contributed by atoms with Gasteiger partial charge in [-0.05, 0) is 62.3 Å². The predicted molar refractivity (Wildman–Crippen MR) is 230 cm³/mol. The van der Waals surface area contributed by atoms with Crippen LogP contribution >= 0.6 is 11.3 Å². The van der Waals surface area contributed by atoms with Crippen molar-refractivity contribution in [2.45, 2.75) is 0 Å². The lowest BCUT2D eigenvalue weighted by atomic mass is 9.91. The molecule has 0 aliphatic rings. The highest BCUT2D eigenvalue weighted by Gasteiger charge is 2.16. The zero-order chi connectivity index (χ0) is 36.3. The molecule has 11 rings (SSSR count). The van der Waals surface area contributed by atoms with Crippen LogP contribution in [0.2, 0.25) is 0 Å². The van der Waals surface area contributed by atoms with Gasteiger partial charge in [0.15, 0.2) is 17.5 Å². The van der Waals surface area contributed by atoms with E-state index in [9.17, 15) is 0 Å². The lowest BCUT2D eigenvalue weighted by Gasteiger charge is -2.13. The fourth-order valence-electron chi connectivity index (χ4n) is 7.88. The first-order valence-corrected chi connectivity index (χ1v) is 19.2. The Balaban J connectivity index is 1.00. The topological polar surface area (TPSA) is 51.6 Å². The van der Waals surface area contributed by atoms with E-state index in [2.05, 4.69) is 132 Å². The van der Waals surface area contributed by atoms with Gasteiger partial charge in [-0.3, -0.25) is 4.98 Å². The summed E-state index contributed by atoms with van der Waals surface area (Å²) in [6, 6.07) is 62.0. The molecule has 0 atom stereocenters. The third kappa shape index (κ3) is 5.36. The Morgan fingerprint density at radius 1 is 0.327 bits per heavy atom. The Morgan fingerprint density at radius 3 is 1.55 bits per heavy atom. The van der Waals surface area contributed by atoms with Gasteiger partial charge >= 0.3 is 0 Å². The SMILES string of the molecule is c1ccc(-c2nc(-c3ccc(-c4ccc5c(c4)c4ccccc4c4c5ccc5c6ccccc6sc54)cc3)nc(-c3ccc(-c4ccccn4)cc3)n2)cc1. The number of benzene rings is 8. The molecule has 4 nitrogen and oxygen atoms in total. The summed E-state index contributed by atoms with van der Waals surface area (Å²) in [5, 5.41) is 10.4. The molecular formula is C50H30N4S. The maximum Gasteiger partial charge on any atom is 0.164 e. The van der Waals surface area contributed by atoms with E-state index in [1.807, 2.05) is 66.1 Å². The van der Waals surface area contributed by atoms with Crippen molar-refractivity contribution in [3.8, 4) is 56.5 Å². The molecule has 0 aliphatic carbocycles. The molecule has 0 N–H and O–H groups in total. The minimum Gasteiger partial charge on any atom is -0.256 e. The molecule has 0 unspecified atom stereocenters. The van der Waals surface area contributed by atoms with Gasteiger partial charge in [-0.2, -0.15) is 0 Å². The van der Waals surface area contributed by atoms with Gasteiger partial charge in [0.1, 0.15) is 0 Å². The minimum atomic E-state index is 0.627. The van der Waals surface area contributed by atoms with Crippen molar-refractivity contribution in [1.82, 2.24) is 19.9 Å². The zero-order valence-corrected chi connectivity index (χ0v) is 30.3. The second kappa shape index (κ2) is 12.8. The first-order valence-electron chi connectivity index (χ1n) is 18.4. The minimum absolute atomic E-state index is 0.627. The highest BCUT2D eigenvalue weighted by atomic mass is 32.1. The highest BCUT2D eigenvalue weighted by molar-refractivity contribution is 7.26. The number of pyridine rings is 1. The first-order chi connectivity index (χ1) is 27.2. The van der Waals surface area contributed by atoms with Crippen molar-refractivity contribution < 1.29 is 0 Å². The Bertz CT molecular complexity index is 3210. The first kappa shape index (κ1) is 31.4.